The lowest BCUT2D eigenvalue weighted by Gasteiger charge is -2.12. The van der Waals surface area contributed by atoms with Crippen LogP contribution in [0, 0.1) is 0 Å². The minimum absolute atomic E-state index is 0.00146. The molecule has 4 nitrogen and oxygen atoms in total. The summed E-state index contributed by atoms with van der Waals surface area (Å²) < 4.78 is 5.58. The summed E-state index contributed by atoms with van der Waals surface area (Å²) in [6.45, 7) is 2.18. The number of benzene rings is 2. The summed E-state index contributed by atoms with van der Waals surface area (Å²) in [6, 6.07) is 10.6. The maximum Gasteiger partial charge on any atom is 0.258 e. The van der Waals surface area contributed by atoms with Crippen LogP contribution in [-0.4, -0.2) is 18.3 Å². The quantitative estimate of drug-likeness (QED) is 0.840. The van der Waals surface area contributed by atoms with Gasteiger partial charge in [-0.25, -0.2) is 0 Å². The van der Waals surface area contributed by atoms with E-state index in [4.69, 9.17) is 27.9 Å². The van der Waals surface area contributed by atoms with Crippen molar-refractivity contribution in [2.45, 2.75) is 25.8 Å². The molecule has 0 spiro atoms. The Bertz CT molecular complexity index is 818. The molecule has 0 fully saturated rings. The van der Waals surface area contributed by atoms with Gasteiger partial charge in [0.1, 0.15) is 5.75 Å². The third kappa shape index (κ3) is 3.97. The molecule has 1 aliphatic rings. The molecular formula is C19H17Cl2NO3. The molecule has 0 aromatic heterocycles. The normalized spacial score (nSPS) is 15.8. The number of amides is 1. The topological polar surface area (TPSA) is 55.4 Å². The number of ketones is 1. The first kappa shape index (κ1) is 17.8. The minimum atomic E-state index is -0.267. The highest BCUT2D eigenvalue weighted by Crippen LogP contribution is 2.42. The Morgan fingerprint density at radius 1 is 1.20 bits per heavy atom. The van der Waals surface area contributed by atoms with Crippen LogP contribution in [0.5, 0.6) is 5.75 Å². The molecular weight excluding hydrogens is 361 g/mol. The largest absolute Gasteiger partial charge is 0.483 e. The first-order valence-electron chi connectivity index (χ1n) is 7.95. The maximum atomic E-state index is 12.2. The van der Waals surface area contributed by atoms with Gasteiger partial charge in [-0.15, -0.1) is 0 Å². The summed E-state index contributed by atoms with van der Waals surface area (Å²) >= 11 is 12.0. The summed E-state index contributed by atoms with van der Waals surface area (Å²) in [7, 11) is 0. The van der Waals surface area contributed by atoms with Crippen LogP contribution in [0.4, 0.5) is 0 Å². The summed E-state index contributed by atoms with van der Waals surface area (Å²) in [4.78, 5) is 24.2. The van der Waals surface area contributed by atoms with E-state index in [1.807, 2.05) is 19.1 Å². The van der Waals surface area contributed by atoms with Crippen molar-refractivity contribution in [1.82, 2.24) is 5.32 Å². The number of hydrogen-bond acceptors (Lipinski definition) is 3. The second kappa shape index (κ2) is 7.46. The van der Waals surface area contributed by atoms with Gasteiger partial charge in [-0.05, 0) is 41.3 Å². The van der Waals surface area contributed by atoms with Crippen LogP contribution in [0.15, 0.2) is 36.4 Å². The Balaban J connectivity index is 1.61. The molecule has 1 atom stereocenters. The van der Waals surface area contributed by atoms with Crippen LogP contribution in [0.1, 0.15) is 40.7 Å². The molecule has 0 saturated heterocycles. The van der Waals surface area contributed by atoms with Crippen molar-refractivity contribution in [1.29, 1.82) is 0 Å². The number of Topliss-reactive ketones (excluding diaryl/α,β-unsaturated/α-hetero) is 1. The SMILES string of the molecule is CC1CC(=O)c2c(OCC(=O)NCc3ccc(Cl)cc3)ccc(Cl)c21. The molecule has 2 aromatic carbocycles. The molecule has 3 rings (SSSR count). The highest BCUT2D eigenvalue weighted by Gasteiger charge is 2.31. The van der Waals surface area contributed by atoms with Crippen molar-refractivity contribution in [3.05, 3.63) is 63.1 Å². The second-order valence-electron chi connectivity index (χ2n) is 6.05. The van der Waals surface area contributed by atoms with Crippen LogP contribution in [-0.2, 0) is 11.3 Å². The lowest BCUT2D eigenvalue weighted by Crippen LogP contribution is -2.28. The fraction of sp³-hybridized carbons (Fsp3) is 0.263. The van der Waals surface area contributed by atoms with E-state index in [-0.39, 0.29) is 24.2 Å². The predicted molar refractivity (Wildman–Crippen MR) is 97.6 cm³/mol. The third-order valence-electron chi connectivity index (χ3n) is 4.18. The zero-order valence-electron chi connectivity index (χ0n) is 13.6. The molecule has 0 radical (unpaired) electrons. The number of carbonyl (C=O) groups is 2. The van der Waals surface area contributed by atoms with Crippen molar-refractivity contribution in [2.75, 3.05) is 6.61 Å². The number of fused-ring (bicyclic) bond motifs is 1. The highest BCUT2D eigenvalue weighted by molar-refractivity contribution is 6.32. The van der Waals surface area contributed by atoms with Crippen LogP contribution in [0.2, 0.25) is 10.0 Å². The van der Waals surface area contributed by atoms with Crippen molar-refractivity contribution < 1.29 is 14.3 Å². The molecule has 6 heteroatoms. The molecule has 0 bridgehead atoms. The lowest BCUT2D eigenvalue weighted by atomic mass is 10.0. The van der Waals surface area contributed by atoms with Crippen molar-refractivity contribution in [3.63, 3.8) is 0 Å². The van der Waals surface area contributed by atoms with E-state index >= 15 is 0 Å². The summed E-state index contributed by atoms with van der Waals surface area (Å²) in [5.74, 6) is 0.214. The standard InChI is InChI=1S/C19H17Cl2NO3/c1-11-8-15(23)19-16(7-6-14(21)18(11)19)25-10-17(24)22-9-12-2-4-13(20)5-3-12/h2-7,11H,8-10H2,1H3,(H,22,24). The van der Waals surface area contributed by atoms with Crippen molar-refractivity contribution in [3.8, 4) is 5.75 Å². The van der Waals surface area contributed by atoms with E-state index < -0.39 is 0 Å². The third-order valence-corrected chi connectivity index (χ3v) is 4.76. The van der Waals surface area contributed by atoms with Crippen LogP contribution >= 0.6 is 23.2 Å². The Labute approximate surface area is 156 Å². The zero-order valence-corrected chi connectivity index (χ0v) is 15.2. The predicted octanol–water partition coefficient (Wildman–Crippen LogP) is 4.38. The van der Waals surface area contributed by atoms with E-state index in [1.165, 1.54) is 0 Å². The molecule has 0 aliphatic heterocycles. The van der Waals surface area contributed by atoms with Crippen LogP contribution < -0.4 is 10.1 Å². The highest BCUT2D eigenvalue weighted by atomic mass is 35.5. The number of halogens is 2. The van der Waals surface area contributed by atoms with E-state index in [2.05, 4.69) is 5.32 Å². The first-order valence-corrected chi connectivity index (χ1v) is 8.71. The van der Waals surface area contributed by atoms with Crippen molar-refractivity contribution >= 4 is 34.9 Å². The molecule has 0 saturated carbocycles. The van der Waals surface area contributed by atoms with Crippen molar-refractivity contribution in [2.24, 2.45) is 0 Å². The smallest absolute Gasteiger partial charge is 0.258 e. The maximum absolute atomic E-state index is 12.2. The Hall–Kier alpha value is -2.04. The number of ether oxygens (including phenoxy) is 1. The van der Waals surface area contributed by atoms with Gasteiger partial charge in [0, 0.05) is 23.0 Å². The van der Waals surface area contributed by atoms with Gasteiger partial charge in [0.15, 0.2) is 12.4 Å². The number of hydrogen-bond donors (Lipinski definition) is 1. The summed E-state index contributed by atoms with van der Waals surface area (Å²) in [5.41, 5.74) is 2.25. The second-order valence-corrected chi connectivity index (χ2v) is 6.90. The summed E-state index contributed by atoms with van der Waals surface area (Å²) in [6.07, 6.45) is 0.415. The van der Waals surface area contributed by atoms with Gasteiger partial charge in [0.25, 0.3) is 5.91 Å². The molecule has 130 valence electrons. The fourth-order valence-corrected chi connectivity index (χ4v) is 3.41. The molecule has 2 aromatic rings. The lowest BCUT2D eigenvalue weighted by molar-refractivity contribution is -0.123. The van der Waals surface area contributed by atoms with Gasteiger partial charge in [-0.2, -0.15) is 0 Å². The number of rotatable bonds is 5. The number of nitrogens with one attached hydrogen (secondary N) is 1. The molecule has 1 unspecified atom stereocenters. The van der Waals surface area contributed by atoms with Gasteiger partial charge in [0.05, 0.1) is 5.56 Å². The van der Waals surface area contributed by atoms with Gasteiger partial charge in [-0.1, -0.05) is 42.3 Å². The average Bonchev–Trinajstić information content (AvgIpc) is 2.89. The number of carbonyl (C=O) groups excluding carboxylic acids is 2. The first-order chi connectivity index (χ1) is 12.0. The Morgan fingerprint density at radius 2 is 1.92 bits per heavy atom. The van der Waals surface area contributed by atoms with Gasteiger partial charge >= 0.3 is 0 Å². The molecule has 0 heterocycles. The van der Waals surface area contributed by atoms with E-state index in [0.717, 1.165) is 11.1 Å². The van der Waals surface area contributed by atoms with Crippen LogP contribution in [0.3, 0.4) is 0 Å². The average molecular weight is 378 g/mol. The molecule has 1 N–H and O–H groups in total. The van der Waals surface area contributed by atoms with E-state index in [9.17, 15) is 9.59 Å². The Morgan fingerprint density at radius 3 is 2.64 bits per heavy atom. The zero-order chi connectivity index (χ0) is 18.0. The molecule has 1 aliphatic carbocycles. The monoisotopic (exact) mass is 377 g/mol. The fourth-order valence-electron chi connectivity index (χ4n) is 2.94. The molecule has 1 amide bonds. The Kier molecular flexibility index (Phi) is 5.30. The molecule has 25 heavy (non-hydrogen) atoms. The van der Waals surface area contributed by atoms with E-state index in [0.29, 0.717) is 34.3 Å². The van der Waals surface area contributed by atoms with Gasteiger partial charge in [-0.3, -0.25) is 9.59 Å². The van der Waals surface area contributed by atoms with E-state index in [1.54, 1.807) is 24.3 Å². The summed E-state index contributed by atoms with van der Waals surface area (Å²) in [5, 5.41) is 3.98. The minimum Gasteiger partial charge on any atom is -0.483 e. The van der Waals surface area contributed by atoms with Gasteiger partial charge < -0.3 is 10.1 Å². The van der Waals surface area contributed by atoms with Crippen LogP contribution in [0.25, 0.3) is 0 Å². The van der Waals surface area contributed by atoms with Gasteiger partial charge in [0.2, 0.25) is 0 Å².